The Morgan fingerprint density at radius 1 is 1.45 bits per heavy atom. The predicted octanol–water partition coefficient (Wildman–Crippen LogP) is 2.61. The third kappa shape index (κ3) is 5.14. The molecule has 0 aromatic carbocycles. The molecule has 7 nitrogen and oxygen atoms in total. The zero-order valence-electron chi connectivity index (χ0n) is 11.4. The summed E-state index contributed by atoms with van der Waals surface area (Å²) in [5.41, 5.74) is -0.538. The van der Waals surface area contributed by atoms with Gasteiger partial charge in [0, 0.05) is 5.38 Å². The molecular weight excluding hydrogens is 306 g/mol. The van der Waals surface area contributed by atoms with Gasteiger partial charge in [0.1, 0.15) is 18.4 Å². The Balaban J connectivity index is 2.80. The maximum Gasteiger partial charge on any atom is 0.413 e. The third-order valence-electron chi connectivity index (χ3n) is 1.72. The molecule has 1 N–H and O–H groups in total. The molecule has 1 aromatic heterocycles. The summed E-state index contributed by atoms with van der Waals surface area (Å²) in [6, 6.07) is 0. The number of amides is 1. The molecule has 0 atom stereocenters. The number of halogens is 1. The highest BCUT2D eigenvalue weighted by atomic mass is 35.5. The quantitative estimate of drug-likeness (QED) is 0.523. The number of anilines is 1. The Labute approximate surface area is 124 Å². The van der Waals surface area contributed by atoms with Crippen molar-refractivity contribution >= 4 is 45.1 Å². The molecule has 0 aliphatic carbocycles. The van der Waals surface area contributed by atoms with Crippen LogP contribution in [0, 0.1) is 0 Å². The highest BCUT2D eigenvalue weighted by Crippen LogP contribution is 2.18. The standard InChI is InChI=1S/C11H14ClN3O4S/c1-11(2,3)19-10(17)14-9-13-6(5-20-9)7(8(12)16)15-18-4/h5H,1-4H3,(H,13,14,17)/b15-7-. The van der Waals surface area contributed by atoms with Gasteiger partial charge in [0.05, 0.1) is 0 Å². The fraction of sp³-hybridized carbons (Fsp3) is 0.455. The molecule has 0 fully saturated rings. The summed E-state index contributed by atoms with van der Waals surface area (Å²) in [5, 5.41) is 6.91. The summed E-state index contributed by atoms with van der Waals surface area (Å²) in [6.07, 6.45) is -0.638. The molecule has 0 radical (unpaired) electrons. The van der Waals surface area contributed by atoms with Crippen molar-refractivity contribution in [2.75, 3.05) is 12.4 Å². The summed E-state index contributed by atoms with van der Waals surface area (Å²) in [4.78, 5) is 31.2. The van der Waals surface area contributed by atoms with Gasteiger partial charge >= 0.3 is 6.09 Å². The SMILES string of the molecule is CO/N=C(\C(=O)Cl)c1csc(NC(=O)OC(C)(C)C)n1. The molecule has 0 saturated heterocycles. The van der Waals surface area contributed by atoms with Gasteiger partial charge in [-0.2, -0.15) is 0 Å². The molecule has 1 amide bonds. The second kappa shape index (κ2) is 6.67. The van der Waals surface area contributed by atoms with Crippen LogP contribution >= 0.6 is 22.9 Å². The minimum absolute atomic E-state index is 0.136. The Morgan fingerprint density at radius 2 is 2.10 bits per heavy atom. The van der Waals surface area contributed by atoms with Gasteiger partial charge in [0.2, 0.25) is 0 Å². The van der Waals surface area contributed by atoms with Crippen LogP contribution in [0.4, 0.5) is 9.93 Å². The predicted molar refractivity (Wildman–Crippen MR) is 76.4 cm³/mol. The van der Waals surface area contributed by atoms with Crippen LogP contribution in [0.15, 0.2) is 10.5 Å². The van der Waals surface area contributed by atoms with E-state index in [1.54, 1.807) is 20.8 Å². The summed E-state index contributed by atoms with van der Waals surface area (Å²) in [6.45, 7) is 5.24. The third-order valence-corrected chi connectivity index (χ3v) is 2.66. The number of carbonyl (C=O) groups excluding carboxylic acids is 2. The van der Waals surface area contributed by atoms with E-state index in [1.807, 2.05) is 0 Å². The van der Waals surface area contributed by atoms with Crippen molar-refractivity contribution in [2.45, 2.75) is 26.4 Å². The molecule has 1 aromatic rings. The Hall–Kier alpha value is -1.67. The maximum absolute atomic E-state index is 11.6. The van der Waals surface area contributed by atoms with E-state index >= 15 is 0 Å². The smallest absolute Gasteiger partial charge is 0.413 e. The molecule has 110 valence electrons. The van der Waals surface area contributed by atoms with Gasteiger partial charge in [-0.3, -0.25) is 10.1 Å². The highest BCUT2D eigenvalue weighted by Gasteiger charge is 2.20. The number of hydrogen-bond donors (Lipinski definition) is 1. The highest BCUT2D eigenvalue weighted by molar-refractivity contribution is 7.14. The van der Waals surface area contributed by atoms with Crippen molar-refractivity contribution in [1.82, 2.24) is 4.98 Å². The second-order valence-electron chi connectivity index (χ2n) is 4.56. The molecular formula is C11H14ClN3O4S. The van der Waals surface area contributed by atoms with Crippen molar-refractivity contribution in [3.8, 4) is 0 Å². The lowest BCUT2D eigenvalue weighted by atomic mass is 10.2. The first kappa shape index (κ1) is 16.4. The Bertz CT molecular complexity index is 536. The first-order valence-corrected chi connectivity index (χ1v) is 6.75. The molecule has 0 unspecified atom stereocenters. The van der Waals surface area contributed by atoms with Crippen LogP contribution in [-0.2, 0) is 14.4 Å². The van der Waals surface area contributed by atoms with Crippen molar-refractivity contribution in [2.24, 2.45) is 5.16 Å². The summed E-state index contributed by atoms with van der Waals surface area (Å²) in [5.74, 6) is 0. The molecule has 0 aliphatic heterocycles. The zero-order chi connectivity index (χ0) is 15.3. The van der Waals surface area contributed by atoms with E-state index in [0.717, 1.165) is 11.3 Å². The lowest BCUT2D eigenvalue weighted by Crippen LogP contribution is -2.27. The van der Waals surface area contributed by atoms with Gasteiger partial charge in [0.15, 0.2) is 10.8 Å². The lowest BCUT2D eigenvalue weighted by molar-refractivity contribution is -0.106. The topological polar surface area (TPSA) is 89.9 Å². The van der Waals surface area contributed by atoms with E-state index < -0.39 is 16.9 Å². The number of rotatable bonds is 4. The molecule has 0 saturated carbocycles. The van der Waals surface area contributed by atoms with Crippen LogP contribution in [0.1, 0.15) is 26.5 Å². The summed E-state index contributed by atoms with van der Waals surface area (Å²) < 4.78 is 5.08. The zero-order valence-corrected chi connectivity index (χ0v) is 13.0. The molecule has 0 spiro atoms. The van der Waals surface area contributed by atoms with Crippen molar-refractivity contribution in [3.63, 3.8) is 0 Å². The number of ether oxygens (including phenoxy) is 1. The Kier molecular flexibility index (Phi) is 5.46. The number of hydrogen-bond acceptors (Lipinski definition) is 7. The van der Waals surface area contributed by atoms with E-state index in [0.29, 0.717) is 0 Å². The van der Waals surface area contributed by atoms with Gasteiger partial charge in [0.25, 0.3) is 5.24 Å². The van der Waals surface area contributed by atoms with Gasteiger partial charge in [-0.25, -0.2) is 9.78 Å². The summed E-state index contributed by atoms with van der Waals surface area (Å²) in [7, 11) is 1.28. The minimum atomic E-state index is -0.805. The van der Waals surface area contributed by atoms with Crippen LogP contribution in [-0.4, -0.2) is 34.7 Å². The van der Waals surface area contributed by atoms with E-state index in [1.165, 1.54) is 12.5 Å². The van der Waals surface area contributed by atoms with E-state index in [-0.39, 0.29) is 16.5 Å². The number of carbonyl (C=O) groups is 2. The number of oxime groups is 1. The number of nitrogens with zero attached hydrogens (tertiary/aromatic N) is 2. The average molecular weight is 320 g/mol. The fourth-order valence-electron chi connectivity index (χ4n) is 1.11. The second-order valence-corrected chi connectivity index (χ2v) is 5.76. The van der Waals surface area contributed by atoms with E-state index in [4.69, 9.17) is 16.3 Å². The Morgan fingerprint density at radius 3 is 2.60 bits per heavy atom. The van der Waals surface area contributed by atoms with Crippen LogP contribution in [0.2, 0.25) is 0 Å². The molecule has 1 rings (SSSR count). The van der Waals surface area contributed by atoms with Crippen molar-refractivity contribution in [3.05, 3.63) is 11.1 Å². The minimum Gasteiger partial charge on any atom is -0.444 e. The first-order valence-electron chi connectivity index (χ1n) is 5.50. The van der Waals surface area contributed by atoms with Crippen LogP contribution in [0.5, 0.6) is 0 Å². The van der Waals surface area contributed by atoms with Gasteiger partial charge in [-0.05, 0) is 32.4 Å². The first-order chi connectivity index (χ1) is 9.23. The monoisotopic (exact) mass is 319 g/mol. The van der Waals surface area contributed by atoms with E-state index in [2.05, 4.69) is 20.3 Å². The fourth-order valence-corrected chi connectivity index (χ4v) is 1.92. The van der Waals surface area contributed by atoms with Crippen LogP contribution in [0.3, 0.4) is 0 Å². The molecule has 1 heterocycles. The molecule has 20 heavy (non-hydrogen) atoms. The van der Waals surface area contributed by atoms with Crippen molar-refractivity contribution in [1.29, 1.82) is 0 Å². The maximum atomic E-state index is 11.6. The average Bonchev–Trinajstić information content (AvgIpc) is 2.70. The van der Waals surface area contributed by atoms with Crippen molar-refractivity contribution < 1.29 is 19.2 Å². The number of thiazole rings is 1. The number of aromatic nitrogens is 1. The van der Waals surface area contributed by atoms with Gasteiger partial charge < -0.3 is 9.57 Å². The summed E-state index contributed by atoms with van der Waals surface area (Å²) >= 11 is 6.47. The van der Waals surface area contributed by atoms with Crippen LogP contribution < -0.4 is 5.32 Å². The normalized spacial score (nSPS) is 11.9. The molecule has 0 aliphatic rings. The molecule has 0 bridgehead atoms. The number of nitrogens with one attached hydrogen (secondary N) is 1. The van der Waals surface area contributed by atoms with E-state index in [9.17, 15) is 9.59 Å². The van der Waals surface area contributed by atoms with Gasteiger partial charge in [-0.15, -0.1) is 11.3 Å². The largest absolute Gasteiger partial charge is 0.444 e. The molecule has 9 heteroatoms. The van der Waals surface area contributed by atoms with Crippen LogP contribution in [0.25, 0.3) is 0 Å². The van der Waals surface area contributed by atoms with Gasteiger partial charge in [-0.1, -0.05) is 5.16 Å². The lowest BCUT2D eigenvalue weighted by Gasteiger charge is -2.18.